The summed E-state index contributed by atoms with van der Waals surface area (Å²) in [6.07, 6.45) is 3.49. The van der Waals surface area contributed by atoms with E-state index in [1.807, 2.05) is 11.0 Å². The number of nitrogens with zero attached hydrogens (tertiary/aromatic N) is 1. The molecule has 1 atom stereocenters. The summed E-state index contributed by atoms with van der Waals surface area (Å²) in [5.41, 5.74) is 3.25. The highest BCUT2D eigenvalue weighted by molar-refractivity contribution is 5.86. The number of benzene rings is 1. The standard InChI is InChI=1S/C15H15FN2O/c16-9-4-5-10-11-6-7-18-13(2-1-3-14(18)19)15(11)17-12(10)8-9/h4-5,8,13,17H,1-3,6-7H2. The van der Waals surface area contributed by atoms with Gasteiger partial charge in [0.25, 0.3) is 0 Å². The molecule has 19 heavy (non-hydrogen) atoms. The van der Waals surface area contributed by atoms with Gasteiger partial charge in [0.2, 0.25) is 5.91 Å². The van der Waals surface area contributed by atoms with Gasteiger partial charge in [-0.05, 0) is 43.0 Å². The molecule has 1 aromatic heterocycles. The average Bonchev–Trinajstić information content (AvgIpc) is 2.77. The van der Waals surface area contributed by atoms with Crippen LogP contribution in [-0.4, -0.2) is 22.3 Å². The van der Waals surface area contributed by atoms with E-state index in [1.165, 1.54) is 11.6 Å². The van der Waals surface area contributed by atoms with Crippen LogP contribution in [0.15, 0.2) is 18.2 Å². The van der Waals surface area contributed by atoms with E-state index < -0.39 is 0 Å². The van der Waals surface area contributed by atoms with E-state index >= 15 is 0 Å². The number of halogens is 1. The Morgan fingerprint density at radius 2 is 2.21 bits per heavy atom. The molecule has 98 valence electrons. The zero-order valence-electron chi connectivity index (χ0n) is 10.6. The number of carbonyl (C=O) groups excluding carboxylic acids is 1. The third-order valence-corrected chi connectivity index (χ3v) is 4.40. The highest BCUT2D eigenvalue weighted by Gasteiger charge is 2.35. The van der Waals surface area contributed by atoms with Gasteiger partial charge in [0, 0.05) is 29.6 Å². The first-order chi connectivity index (χ1) is 9.24. The SMILES string of the molecule is O=C1CCCC2c3[nH]c4cc(F)ccc4c3CCN12. The Kier molecular flexibility index (Phi) is 2.22. The smallest absolute Gasteiger partial charge is 0.223 e. The van der Waals surface area contributed by atoms with Crippen LogP contribution >= 0.6 is 0 Å². The minimum Gasteiger partial charge on any atom is -0.356 e. The highest BCUT2D eigenvalue weighted by Crippen LogP contribution is 2.39. The highest BCUT2D eigenvalue weighted by atomic mass is 19.1. The van der Waals surface area contributed by atoms with Crippen LogP contribution in [0.1, 0.15) is 36.6 Å². The van der Waals surface area contributed by atoms with Crippen molar-refractivity contribution >= 4 is 16.8 Å². The van der Waals surface area contributed by atoms with Crippen LogP contribution in [0, 0.1) is 5.82 Å². The van der Waals surface area contributed by atoms with Crippen LogP contribution in [0.4, 0.5) is 4.39 Å². The molecule has 0 bridgehead atoms. The molecule has 4 rings (SSSR count). The van der Waals surface area contributed by atoms with Gasteiger partial charge in [-0.15, -0.1) is 0 Å². The predicted octanol–water partition coefficient (Wildman–Crippen LogP) is 2.92. The van der Waals surface area contributed by atoms with Crippen LogP contribution in [-0.2, 0) is 11.2 Å². The summed E-state index contributed by atoms with van der Waals surface area (Å²) in [5.74, 6) is 0.0365. The molecule has 2 aliphatic heterocycles. The fourth-order valence-corrected chi connectivity index (χ4v) is 3.54. The maximum atomic E-state index is 13.3. The summed E-state index contributed by atoms with van der Waals surface area (Å²) in [6.45, 7) is 0.792. The minimum atomic E-state index is -0.220. The number of rotatable bonds is 0. The van der Waals surface area contributed by atoms with Crippen molar-refractivity contribution in [1.29, 1.82) is 0 Å². The van der Waals surface area contributed by atoms with Crippen molar-refractivity contribution in [2.24, 2.45) is 0 Å². The molecule has 2 aliphatic rings. The first-order valence-electron chi connectivity index (χ1n) is 6.83. The number of aromatic nitrogens is 1. The van der Waals surface area contributed by atoms with Gasteiger partial charge in [-0.1, -0.05) is 0 Å². The Hall–Kier alpha value is -1.84. The van der Waals surface area contributed by atoms with Gasteiger partial charge in [0.1, 0.15) is 5.82 Å². The van der Waals surface area contributed by atoms with Crippen LogP contribution in [0.3, 0.4) is 0 Å². The number of carbonyl (C=O) groups is 1. The molecule has 1 fully saturated rings. The lowest BCUT2D eigenvalue weighted by molar-refractivity contribution is -0.137. The zero-order chi connectivity index (χ0) is 13.0. The van der Waals surface area contributed by atoms with Gasteiger partial charge >= 0.3 is 0 Å². The van der Waals surface area contributed by atoms with Crippen molar-refractivity contribution in [2.45, 2.75) is 31.7 Å². The van der Waals surface area contributed by atoms with E-state index in [-0.39, 0.29) is 17.8 Å². The molecule has 0 aliphatic carbocycles. The predicted molar refractivity (Wildman–Crippen MR) is 70.3 cm³/mol. The molecule has 0 spiro atoms. The number of hydrogen-bond donors (Lipinski definition) is 1. The summed E-state index contributed by atoms with van der Waals surface area (Å²) in [5, 5.41) is 1.11. The minimum absolute atomic E-state index is 0.167. The fraction of sp³-hybridized carbons (Fsp3) is 0.400. The molecule has 0 saturated carbocycles. The third-order valence-electron chi connectivity index (χ3n) is 4.40. The van der Waals surface area contributed by atoms with Gasteiger partial charge < -0.3 is 9.88 Å². The average molecular weight is 258 g/mol. The Morgan fingerprint density at radius 1 is 1.32 bits per heavy atom. The number of nitrogens with one attached hydrogen (secondary N) is 1. The van der Waals surface area contributed by atoms with Crippen molar-refractivity contribution in [1.82, 2.24) is 9.88 Å². The second-order valence-electron chi connectivity index (χ2n) is 5.45. The maximum absolute atomic E-state index is 13.3. The quantitative estimate of drug-likeness (QED) is 0.775. The molecule has 1 saturated heterocycles. The molecule has 1 N–H and O–H groups in total. The molecular weight excluding hydrogens is 243 g/mol. The summed E-state index contributed by atoms with van der Waals surface area (Å²) in [4.78, 5) is 17.3. The molecule has 1 amide bonds. The van der Waals surface area contributed by atoms with Gasteiger partial charge in [-0.3, -0.25) is 4.79 Å². The molecule has 1 unspecified atom stereocenters. The molecule has 1 aromatic carbocycles. The van der Waals surface area contributed by atoms with Crippen molar-refractivity contribution in [2.75, 3.05) is 6.54 Å². The number of H-pyrrole nitrogens is 1. The third kappa shape index (κ3) is 1.52. The summed E-state index contributed by atoms with van der Waals surface area (Å²) >= 11 is 0. The molecule has 4 heteroatoms. The van der Waals surface area contributed by atoms with E-state index in [0.29, 0.717) is 6.42 Å². The monoisotopic (exact) mass is 258 g/mol. The Morgan fingerprint density at radius 3 is 3.11 bits per heavy atom. The largest absolute Gasteiger partial charge is 0.356 e. The summed E-state index contributed by atoms with van der Waals surface area (Å²) in [7, 11) is 0. The normalized spacial score (nSPS) is 22.5. The van der Waals surface area contributed by atoms with E-state index in [2.05, 4.69) is 4.98 Å². The molecule has 3 heterocycles. The summed E-state index contributed by atoms with van der Waals surface area (Å²) < 4.78 is 13.3. The number of piperidine rings is 1. The number of hydrogen-bond acceptors (Lipinski definition) is 1. The number of aromatic amines is 1. The first kappa shape index (κ1) is 11.0. The first-order valence-corrected chi connectivity index (χ1v) is 6.83. The van der Waals surface area contributed by atoms with E-state index in [1.54, 1.807) is 6.07 Å². The molecule has 2 aromatic rings. The second-order valence-corrected chi connectivity index (χ2v) is 5.45. The van der Waals surface area contributed by atoms with Crippen molar-refractivity contribution in [3.8, 4) is 0 Å². The van der Waals surface area contributed by atoms with Crippen LogP contribution in [0.2, 0.25) is 0 Å². The molecular formula is C15H15FN2O. The van der Waals surface area contributed by atoms with Gasteiger partial charge in [0.15, 0.2) is 0 Å². The lowest BCUT2D eigenvalue weighted by atomic mass is 9.90. The van der Waals surface area contributed by atoms with E-state index in [4.69, 9.17) is 0 Å². The Balaban J connectivity index is 1.89. The van der Waals surface area contributed by atoms with Gasteiger partial charge in [-0.2, -0.15) is 0 Å². The van der Waals surface area contributed by atoms with E-state index in [0.717, 1.165) is 42.4 Å². The van der Waals surface area contributed by atoms with Crippen LogP contribution < -0.4 is 0 Å². The lowest BCUT2D eigenvalue weighted by Gasteiger charge is -2.39. The lowest BCUT2D eigenvalue weighted by Crippen LogP contribution is -2.42. The number of fused-ring (bicyclic) bond motifs is 5. The summed E-state index contributed by atoms with van der Waals surface area (Å²) in [6, 6.07) is 5.07. The number of amides is 1. The Labute approximate surface area is 110 Å². The molecule has 3 nitrogen and oxygen atoms in total. The second kappa shape index (κ2) is 3.83. The van der Waals surface area contributed by atoms with E-state index in [9.17, 15) is 9.18 Å². The Bertz CT molecular complexity index is 676. The fourth-order valence-electron chi connectivity index (χ4n) is 3.54. The van der Waals surface area contributed by atoms with Gasteiger partial charge in [-0.25, -0.2) is 4.39 Å². The van der Waals surface area contributed by atoms with Crippen molar-refractivity contribution in [3.63, 3.8) is 0 Å². The maximum Gasteiger partial charge on any atom is 0.223 e. The zero-order valence-corrected chi connectivity index (χ0v) is 10.6. The van der Waals surface area contributed by atoms with Crippen LogP contribution in [0.5, 0.6) is 0 Å². The van der Waals surface area contributed by atoms with Crippen molar-refractivity contribution in [3.05, 3.63) is 35.3 Å². The van der Waals surface area contributed by atoms with Gasteiger partial charge in [0.05, 0.1) is 6.04 Å². The molecule has 0 radical (unpaired) electrons. The van der Waals surface area contributed by atoms with Crippen molar-refractivity contribution < 1.29 is 9.18 Å². The van der Waals surface area contributed by atoms with Crippen LogP contribution in [0.25, 0.3) is 10.9 Å². The topological polar surface area (TPSA) is 36.1 Å².